The monoisotopic (exact) mass is 385 g/mol. The van der Waals surface area contributed by atoms with E-state index >= 15 is 0 Å². The summed E-state index contributed by atoms with van der Waals surface area (Å²) in [5, 5.41) is 2.71. The molecule has 0 unspecified atom stereocenters. The Morgan fingerprint density at radius 1 is 0.964 bits per heavy atom. The summed E-state index contributed by atoms with van der Waals surface area (Å²) in [6.07, 6.45) is -0.944. The molecule has 0 aromatic heterocycles. The highest BCUT2D eigenvalue weighted by Gasteiger charge is 2.20. The van der Waals surface area contributed by atoms with E-state index in [4.69, 9.17) is 14.2 Å². The standard InChI is InChI=1S/C22H27NO5/c1-5-26-20-13-17(11-12-19(20)27-14-15(2)3)22(25)28-16(4)21(24)23-18-9-7-6-8-10-18/h6-13,15-16H,5,14H2,1-4H3,(H,23,24)/t16-/m0/s1. The molecule has 0 bridgehead atoms. The number of hydrogen-bond donors (Lipinski definition) is 1. The highest BCUT2D eigenvalue weighted by Crippen LogP contribution is 2.29. The molecule has 0 saturated heterocycles. The van der Waals surface area contributed by atoms with E-state index in [1.54, 1.807) is 30.3 Å². The van der Waals surface area contributed by atoms with Crippen LogP contribution in [0.25, 0.3) is 0 Å². The number of para-hydroxylation sites is 1. The number of nitrogens with one attached hydrogen (secondary N) is 1. The van der Waals surface area contributed by atoms with E-state index in [1.807, 2.05) is 39.0 Å². The molecule has 0 fully saturated rings. The number of ether oxygens (including phenoxy) is 3. The Bertz CT molecular complexity index is 789. The molecule has 1 amide bonds. The van der Waals surface area contributed by atoms with Gasteiger partial charge in [-0.05, 0) is 50.1 Å². The van der Waals surface area contributed by atoms with Crippen LogP contribution in [-0.2, 0) is 9.53 Å². The molecule has 0 aliphatic rings. The SMILES string of the molecule is CCOc1cc(C(=O)O[C@@H](C)C(=O)Nc2ccccc2)ccc1OCC(C)C. The van der Waals surface area contributed by atoms with E-state index in [0.717, 1.165) is 0 Å². The molecule has 2 aromatic rings. The van der Waals surface area contributed by atoms with Crippen molar-refractivity contribution in [1.29, 1.82) is 0 Å². The summed E-state index contributed by atoms with van der Waals surface area (Å²) in [5.74, 6) is 0.401. The van der Waals surface area contributed by atoms with Gasteiger partial charge in [0.15, 0.2) is 17.6 Å². The summed E-state index contributed by atoms with van der Waals surface area (Å²) >= 11 is 0. The van der Waals surface area contributed by atoms with Crippen LogP contribution in [0.2, 0.25) is 0 Å². The Morgan fingerprint density at radius 2 is 1.68 bits per heavy atom. The Hall–Kier alpha value is -3.02. The van der Waals surface area contributed by atoms with Gasteiger partial charge in [0.05, 0.1) is 18.8 Å². The summed E-state index contributed by atoms with van der Waals surface area (Å²) in [7, 11) is 0. The van der Waals surface area contributed by atoms with E-state index < -0.39 is 18.0 Å². The molecule has 1 atom stereocenters. The molecule has 150 valence electrons. The average molecular weight is 385 g/mol. The molecular weight excluding hydrogens is 358 g/mol. The van der Waals surface area contributed by atoms with Gasteiger partial charge in [0.2, 0.25) is 0 Å². The number of benzene rings is 2. The van der Waals surface area contributed by atoms with Crippen molar-refractivity contribution in [3.63, 3.8) is 0 Å². The van der Waals surface area contributed by atoms with Gasteiger partial charge in [-0.15, -0.1) is 0 Å². The van der Waals surface area contributed by atoms with E-state index in [0.29, 0.717) is 41.9 Å². The fourth-order valence-corrected chi connectivity index (χ4v) is 2.33. The van der Waals surface area contributed by atoms with E-state index in [2.05, 4.69) is 5.32 Å². The highest BCUT2D eigenvalue weighted by molar-refractivity contribution is 5.97. The summed E-state index contributed by atoms with van der Waals surface area (Å²) in [6, 6.07) is 13.8. The number of amides is 1. The summed E-state index contributed by atoms with van der Waals surface area (Å²) < 4.78 is 16.6. The van der Waals surface area contributed by atoms with Crippen molar-refractivity contribution >= 4 is 17.6 Å². The number of esters is 1. The van der Waals surface area contributed by atoms with Gasteiger partial charge in [-0.2, -0.15) is 0 Å². The molecule has 2 aromatic carbocycles. The lowest BCUT2D eigenvalue weighted by Crippen LogP contribution is -2.30. The lowest BCUT2D eigenvalue weighted by molar-refractivity contribution is -0.123. The molecule has 28 heavy (non-hydrogen) atoms. The molecule has 0 aliphatic carbocycles. The minimum absolute atomic E-state index is 0.291. The van der Waals surface area contributed by atoms with E-state index in [9.17, 15) is 9.59 Å². The fraction of sp³-hybridized carbons (Fsp3) is 0.364. The maximum Gasteiger partial charge on any atom is 0.339 e. The summed E-state index contributed by atoms with van der Waals surface area (Å²) in [5.41, 5.74) is 0.931. The topological polar surface area (TPSA) is 73.9 Å². The minimum atomic E-state index is -0.944. The maximum absolute atomic E-state index is 12.4. The molecule has 0 spiro atoms. The average Bonchev–Trinajstić information content (AvgIpc) is 2.67. The second-order valence-electron chi connectivity index (χ2n) is 6.70. The first-order valence-corrected chi connectivity index (χ1v) is 9.37. The number of hydrogen-bond acceptors (Lipinski definition) is 5. The molecule has 1 N–H and O–H groups in total. The third-order valence-electron chi connectivity index (χ3n) is 3.75. The van der Waals surface area contributed by atoms with Gasteiger partial charge in [-0.25, -0.2) is 4.79 Å². The van der Waals surface area contributed by atoms with Crippen LogP contribution in [0, 0.1) is 5.92 Å². The molecule has 0 heterocycles. The second-order valence-corrected chi connectivity index (χ2v) is 6.70. The molecule has 6 heteroatoms. The minimum Gasteiger partial charge on any atom is -0.490 e. The molecular formula is C22H27NO5. The Labute approximate surface area is 165 Å². The third kappa shape index (κ3) is 6.30. The van der Waals surface area contributed by atoms with Crippen LogP contribution < -0.4 is 14.8 Å². The van der Waals surface area contributed by atoms with Gasteiger partial charge in [0.25, 0.3) is 5.91 Å². The molecule has 0 saturated carbocycles. The van der Waals surface area contributed by atoms with Crippen molar-refractivity contribution in [2.24, 2.45) is 5.92 Å². The predicted octanol–water partition coefficient (Wildman–Crippen LogP) is 4.30. The molecule has 6 nitrogen and oxygen atoms in total. The Morgan fingerprint density at radius 3 is 2.32 bits per heavy atom. The van der Waals surface area contributed by atoms with Gasteiger partial charge >= 0.3 is 5.97 Å². The number of rotatable bonds is 9. The van der Waals surface area contributed by atoms with Crippen LogP contribution in [0.3, 0.4) is 0 Å². The molecule has 0 aliphatic heterocycles. The third-order valence-corrected chi connectivity index (χ3v) is 3.75. The van der Waals surface area contributed by atoms with Gasteiger partial charge in [-0.3, -0.25) is 4.79 Å². The number of carbonyl (C=O) groups is 2. The van der Waals surface area contributed by atoms with E-state index in [-0.39, 0.29) is 0 Å². The van der Waals surface area contributed by atoms with Crippen LogP contribution in [0.4, 0.5) is 5.69 Å². The van der Waals surface area contributed by atoms with Crippen molar-refractivity contribution in [1.82, 2.24) is 0 Å². The highest BCUT2D eigenvalue weighted by atomic mass is 16.5. The van der Waals surface area contributed by atoms with Gasteiger partial charge < -0.3 is 19.5 Å². The van der Waals surface area contributed by atoms with Crippen molar-refractivity contribution in [2.45, 2.75) is 33.8 Å². The lowest BCUT2D eigenvalue weighted by atomic mass is 10.2. The smallest absolute Gasteiger partial charge is 0.339 e. The predicted molar refractivity (Wildman–Crippen MR) is 108 cm³/mol. The summed E-state index contributed by atoms with van der Waals surface area (Å²) in [4.78, 5) is 24.7. The summed E-state index contributed by atoms with van der Waals surface area (Å²) in [6.45, 7) is 8.46. The number of anilines is 1. The van der Waals surface area contributed by atoms with Gasteiger partial charge in [-0.1, -0.05) is 32.0 Å². The first-order valence-electron chi connectivity index (χ1n) is 9.37. The van der Waals surface area contributed by atoms with Gasteiger partial charge in [0.1, 0.15) is 0 Å². The van der Waals surface area contributed by atoms with Crippen molar-refractivity contribution in [3.8, 4) is 11.5 Å². The second kappa shape index (κ2) is 10.3. The Balaban J connectivity index is 2.03. The van der Waals surface area contributed by atoms with Crippen molar-refractivity contribution < 1.29 is 23.8 Å². The quantitative estimate of drug-likeness (QED) is 0.651. The lowest BCUT2D eigenvalue weighted by Gasteiger charge is -2.16. The zero-order valence-corrected chi connectivity index (χ0v) is 16.7. The first-order chi connectivity index (χ1) is 13.4. The largest absolute Gasteiger partial charge is 0.490 e. The molecule has 2 rings (SSSR count). The van der Waals surface area contributed by atoms with E-state index in [1.165, 1.54) is 6.92 Å². The van der Waals surface area contributed by atoms with Crippen LogP contribution in [0.1, 0.15) is 38.1 Å². The van der Waals surface area contributed by atoms with Crippen LogP contribution in [0.15, 0.2) is 48.5 Å². The van der Waals surface area contributed by atoms with Crippen molar-refractivity contribution in [3.05, 3.63) is 54.1 Å². The zero-order chi connectivity index (χ0) is 20.5. The zero-order valence-electron chi connectivity index (χ0n) is 16.7. The Kier molecular flexibility index (Phi) is 7.87. The van der Waals surface area contributed by atoms with Crippen LogP contribution in [-0.4, -0.2) is 31.2 Å². The molecule has 0 radical (unpaired) electrons. The van der Waals surface area contributed by atoms with Crippen molar-refractivity contribution in [2.75, 3.05) is 18.5 Å². The number of carbonyl (C=O) groups excluding carboxylic acids is 2. The van der Waals surface area contributed by atoms with Crippen LogP contribution >= 0.6 is 0 Å². The first kappa shape index (κ1) is 21.3. The van der Waals surface area contributed by atoms with Crippen LogP contribution in [0.5, 0.6) is 11.5 Å². The normalized spacial score (nSPS) is 11.6. The fourth-order valence-electron chi connectivity index (χ4n) is 2.33. The van der Waals surface area contributed by atoms with Gasteiger partial charge in [0, 0.05) is 5.69 Å². The maximum atomic E-state index is 12.4.